The first-order valence-electron chi connectivity index (χ1n) is 6.57. The third-order valence-corrected chi connectivity index (χ3v) is 3.80. The predicted octanol–water partition coefficient (Wildman–Crippen LogP) is 3.63. The molecule has 0 fully saturated rings. The molecular weight excluding hydrogens is 298 g/mol. The summed E-state index contributed by atoms with van der Waals surface area (Å²) in [5.74, 6) is -0.396. The molecule has 0 saturated heterocycles. The summed E-state index contributed by atoms with van der Waals surface area (Å²) in [5, 5.41) is 0. The molecule has 4 nitrogen and oxygen atoms in total. The largest absolute Gasteiger partial charge is 0.462 e. The van der Waals surface area contributed by atoms with E-state index in [1.54, 1.807) is 24.6 Å². The van der Waals surface area contributed by atoms with Crippen LogP contribution in [0.3, 0.4) is 0 Å². The molecule has 0 saturated carbocycles. The lowest BCUT2D eigenvalue weighted by Crippen LogP contribution is -2.13. The van der Waals surface area contributed by atoms with Gasteiger partial charge in [-0.1, -0.05) is 0 Å². The van der Waals surface area contributed by atoms with E-state index >= 15 is 0 Å². The van der Waals surface area contributed by atoms with Crippen molar-refractivity contribution in [2.75, 3.05) is 6.61 Å². The fourth-order valence-electron chi connectivity index (χ4n) is 1.80. The van der Waals surface area contributed by atoms with Crippen molar-refractivity contribution in [3.63, 3.8) is 0 Å². The van der Waals surface area contributed by atoms with Gasteiger partial charge in [-0.25, -0.2) is 4.79 Å². The minimum Gasteiger partial charge on any atom is -0.462 e. The van der Waals surface area contributed by atoms with Crippen LogP contribution in [0.25, 0.3) is 0 Å². The van der Waals surface area contributed by atoms with Gasteiger partial charge in [-0.05, 0) is 43.9 Å². The van der Waals surface area contributed by atoms with Gasteiger partial charge in [0.1, 0.15) is 0 Å². The van der Waals surface area contributed by atoms with Gasteiger partial charge in [0, 0.05) is 12.4 Å². The number of halogens is 2. The summed E-state index contributed by atoms with van der Waals surface area (Å²) in [7, 11) is 0. The van der Waals surface area contributed by atoms with Crippen molar-refractivity contribution in [2.24, 2.45) is 0 Å². The van der Waals surface area contributed by atoms with E-state index in [1.807, 2.05) is 4.31 Å². The molecule has 0 amide bonds. The standard InChI is InChI=1S/C14H16F2N2O2S/c1-10(13(15)16)4-2-3-7-20-14(19)11-5-6-18-12(8-11)9-17-21-18/h5-6,8-9,17H,2-4,7H2,1H3. The molecule has 2 aliphatic heterocycles. The van der Waals surface area contributed by atoms with Gasteiger partial charge in [-0.2, -0.15) is 8.78 Å². The molecule has 0 spiro atoms. The van der Waals surface area contributed by atoms with Gasteiger partial charge in [0.15, 0.2) is 0 Å². The Morgan fingerprint density at radius 2 is 2.24 bits per heavy atom. The molecular formula is C14H16F2N2O2S. The van der Waals surface area contributed by atoms with E-state index in [9.17, 15) is 13.6 Å². The Morgan fingerprint density at radius 1 is 1.43 bits per heavy atom. The first-order chi connectivity index (χ1) is 10.1. The summed E-state index contributed by atoms with van der Waals surface area (Å²) in [6.45, 7) is 1.65. The van der Waals surface area contributed by atoms with Crippen molar-refractivity contribution in [2.45, 2.75) is 26.2 Å². The number of hydrogen-bond donors (Lipinski definition) is 1. The Bertz CT molecular complexity index is 537. The number of hydrogen-bond acceptors (Lipinski definition) is 5. The number of rotatable bonds is 6. The Morgan fingerprint density at radius 3 is 3.00 bits per heavy atom. The molecule has 1 N–H and O–H groups in total. The molecule has 0 unspecified atom stereocenters. The maximum Gasteiger partial charge on any atom is 0.338 e. The van der Waals surface area contributed by atoms with E-state index in [4.69, 9.17) is 4.74 Å². The summed E-state index contributed by atoms with van der Waals surface area (Å²) >= 11 is 1.41. The van der Waals surface area contributed by atoms with Crippen LogP contribution in [0.15, 0.2) is 47.5 Å². The number of carbonyl (C=O) groups excluding carboxylic acids is 1. The molecule has 0 aromatic rings. The second kappa shape index (κ2) is 7.31. The highest BCUT2D eigenvalue weighted by Crippen LogP contribution is 2.27. The van der Waals surface area contributed by atoms with Gasteiger partial charge >= 0.3 is 5.97 Å². The van der Waals surface area contributed by atoms with Crippen LogP contribution in [0.1, 0.15) is 26.2 Å². The fourth-order valence-corrected chi connectivity index (χ4v) is 2.42. The monoisotopic (exact) mass is 314 g/mol. The minimum absolute atomic E-state index is 0.0949. The Labute approximate surface area is 126 Å². The van der Waals surface area contributed by atoms with E-state index in [1.165, 1.54) is 19.1 Å². The van der Waals surface area contributed by atoms with Crippen molar-refractivity contribution < 1.29 is 18.3 Å². The molecule has 2 aliphatic rings. The summed E-state index contributed by atoms with van der Waals surface area (Å²) in [5.41, 5.74) is 1.46. The zero-order valence-corrected chi connectivity index (χ0v) is 12.4. The maximum absolute atomic E-state index is 12.2. The molecule has 0 atom stereocenters. The summed E-state index contributed by atoms with van der Waals surface area (Å²) in [6, 6.07) is 0. The zero-order valence-electron chi connectivity index (χ0n) is 11.6. The van der Waals surface area contributed by atoms with E-state index in [0.717, 1.165) is 5.70 Å². The van der Waals surface area contributed by atoms with Crippen LogP contribution in [0.2, 0.25) is 0 Å². The number of carbonyl (C=O) groups is 1. The van der Waals surface area contributed by atoms with Crippen LogP contribution in [0.5, 0.6) is 0 Å². The fraction of sp³-hybridized carbons (Fsp3) is 0.357. The van der Waals surface area contributed by atoms with Crippen LogP contribution in [0, 0.1) is 0 Å². The molecule has 0 aromatic carbocycles. The number of esters is 1. The third kappa shape index (κ3) is 4.35. The molecule has 0 radical (unpaired) electrons. The van der Waals surface area contributed by atoms with Gasteiger partial charge in [0.25, 0.3) is 6.08 Å². The van der Waals surface area contributed by atoms with Gasteiger partial charge in [-0.15, -0.1) is 0 Å². The van der Waals surface area contributed by atoms with E-state index in [-0.39, 0.29) is 12.2 Å². The normalized spacial score (nSPS) is 15.9. The number of fused-ring (bicyclic) bond motifs is 1. The lowest BCUT2D eigenvalue weighted by molar-refractivity contribution is -0.138. The first kappa shape index (κ1) is 15.6. The first-order valence-corrected chi connectivity index (χ1v) is 7.35. The molecule has 7 heteroatoms. The van der Waals surface area contributed by atoms with E-state index < -0.39 is 12.0 Å². The quantitative estimate of drug-likeness (QED) is 0.460. The summed E-state index contributed by atoms with van der Waals surface area (Å²) < 4.78 is 34.4. The Balaban J connectivity index is 1.71. The topological polar surface area (TPSA) is 41.6 Å². The molecule has 2 heterocycles. The lowest BCUT2D eigenvalue weighted by atomic mass is 10.1. The van der Waals surface area contributed by atoms with Crippen molar-refractivity contribution in [3.05, 3.63) is 47.5 Å². The predicted molar refractivity (Wildman–Crippen MR) is 77.6 cm³/mol. The number of nitrogens with zero attached hydrogens (tertiary/aromatic N) is 1. The number of nitrogens with one attached hydrogen (secondary N) is 1. The molecule has 21 heavy (non-hydrogen) atoms. The SMILES string of the molecule is CC(CCCCOC(=O)C1=CC2=CNSN2C=C1)=C(F)F. The third-order valence-electron chi connectivity index (χ3n) is 3.04. The molecule has 0 bridgehead atoms. The Hall–Kier alpha value is -1.76. The smallest absolute Gasteiger partial charge is 0.338 e. The summed E-state index contributed by atoms with van der Waals surface area (Å²) in [6.07, 6.45) is 6.85. The average molecular weight is 314 g/mol. The lowest BCUT2D eigenvalue weighted by Gasteiger charge is -2.16. The van der Waals surface area contributed by atoms with Crippen LogP contribution in [-0.4, -0.2) is 16.9 Å². The number of allylic oxidation sites excluding steroid dienone is 2. The van der Waals surface area contributed by atoms with E-state index in [0.29, 0.717) is 24.8 Å². The van der Waals surface area contributed by atoms with Crippen molar-refractivity contribution in [1.29, 1.82) is 0 Å². The second-order valence-corrected chi connectivity index (χ2v) is 5.46. The summed E-state index contributed by atoms with van der Waals surface area (Å²) in [4.78, 5) is 11.8. The average Bonchev–Trinajstić information content (AvgIpc) is 2.93. The number of unbranched alkanes of at least 4 members (excludes halogenated alkanes) is 1. The van der Waals surface area contributed by atoms with Crippen LogP contribution in [0.4, 0.5) is 8.78 Å². The maximum atomic E-state index is 12.2. The van der Waals surface area contributed by atoms with Crippen molar-refractivity contribution in [1.82, 2.24) is 9.03 Å². The highest BCUT2D eigenvalue weighted by atomic mass is 32.2. The van der Waals surface area contributed by atoms with Crippen LogP contribution >= 0.6 is 12.1 Å². The number of ether oxygens (including phenoxy) is 1. The van der Waals surface area contributed by atoms with Gasteiger partial charge in [-0.3, -0.25) is 4.31 Å². The minimum atomic E-state index is -1.62. The van der Waals surface area contributed by atoms with Gasteiger partial charge in [0.05, 0.1) is 30.0 Å². The Kier molecular flexibility index (Phi) is 5.44. The molecule has 0 aromatic heterocycles. The van der Waals surface area contributed by atoms with Gasteiger partial charge < -0.3 is 9.46 Å². The highest BCUT2D eigenvalue weighted by molar-refractivity contribution is 7.95. The molecule has 2 rings (SSSR count). The second-order valence-electron chi connectivity index (χ2n) is 4.65. The van der Waals surface area contributed by atoms with E-state index in [2.05, 4.69) is 4.72 Å². The van der Waals surface area contributed by atoms with Crippen molar-refractivity contribution >= 4 is 18.1 Å². The molecule has 114 valence electrons. The van der Waals surface area contributed by atoms with Crippen LogP contribution in [-0.2, 0) is 9.53 Å². The van der Waals surface area contributed by atoms with Gasteiger partial charge in [0.2, 0.25) is 0 Å². The zero-order chi connectivity index (χ0) is 15.2. The van der Waals surface area contributed by atoms with Crippen LogP contribution < -0.4 is 4.72 Å². The molecule has 0 aliphatic carbocycles. The van der Waals surface area contributed by atoms with Crippen molar-refractivity contribution in [3.8, 4) is 0 Å². The highest BCUT2D eigenvalue weighted by Gasteiger charge is 2.19.